The lowest BCUT2D eigenvalue weighted by molar-refractivity contribution is -0.148. The van der Waals surface area contributed by atoms with Crippen LogP contribution in [-0.4, -0.2) is 27.1 Å². The summed E-state index contributed by atoms with van der Waals surface area (Å²) in [4.78, 5) is 34.7. The average Bonchev–Trinajstić information content (AvgIpc) is 2.76. The number of hydrogen-bond donors (Lipinski definition) is 2. The Labute approximate surface area is 127 Å². The van der Waals surface area contributed by atoms with Crippen molar-refractivity contribution in [2.75, 3.05) is 0 Å². The number of nitrogens with one attached hydrogen (secondary N) is 1. The number of carboxylic acids is 1. The van der Waals surface area contributed by atoms with E-state index in [0.29, 0.717) is 25.8 Å². The quantitative estimate of drug-likeness (QED) is 0.765. The van der Waals surface area contributed by atoms with Crippen LogP contribution in [0.5, 0.6) is 0 Å². The van der Waals surface area contributed by atoms with E-state index in [1.807, 2.05) is 6.92 Å². The molecule has 21 heavy (non-hydrogen) atoms. The lowest BCUT2D eigenvalue weighted by atomic mass is 9.92. The van der Waals surface area contributed by atoms with E-state index in [1.54, 1.807) is 23.8 Å². The number of rotatable bonds is 8. The predicted octanol–water partition coefficient (Wildman–Crippen LogP) is 1.76. The number of aromatic nitrogens is 1. The summed E-state index contributed by atoms with van der Waals surface area (Å²) >= 11 is 1.14. The number of amides is 1. The molecular formula is C14H22N2O4S. The number of aliphatic carboxylic acids is 1. The number of hydrogen-bond acceptors (Lipinski definition) is 4. The highest BCUT2D eigenvalue weighted by Gasteiger charge is 2.36. The van der Waals surface area contributed by atoms with E-state index >= 15 is 0 Å². The molecule has 0 aliphatic carbocycles. The van der Waals surface area contributed by atoms with Crippen LogP contribution in [0, 0.1) is 6.92 Å². The van der Waals surface area contributed by atoms with Gasteiger partial charge in [0.1, 0.15) is 5.54 Å². The summed E-state index contributed by atoms with van der Waals surface area (Å²) in [6.07, 6.45) is 1.39. The van der Waals surface area contributed by atoms with Crippen LogP contribution in [0.15, 0.2) is 10.2 Å². The number of carbonyl (C=O) groups is 2. The van der Waals surface area contributed by atoms with Gasteiger partial charge in [-0.1, -0.05) is 25.2 Å². The fourth-order valence-electron chi connectivity index (χ4n) is 2.18. The van der Waals surface area contributed by atoms with Crippen LogP contribution in [0.2, 0.25) is 0 Å². The normalized spacial score (nSPS) is 11.4. The molecule has 7 heteroatoms. The minimum atomic E-state index is -1.19. The first-order valence-corrected chi connectivity index (χ1v) is 7.93. The van der Waals surface area contributed by atoms with Gasteiger partial charge in [-0.3, -0.25) is 9.59 Å². The van der Waals surface area contributed by atoms with Crippen molar-refractivity contribution < 1.29 is 14.7 Å². The second kappa shape index (κ2) is 7.40. The molecular weight excluding hydrogens is 292 g/mol. The topological polar surface area (TPSA) is 88.4 Å². The van der Waals surface area contributed by atoms with Crippen LogP contribution in [0.3, 0.4) is 0 Å². The molecule has 118 valence electrons. The van der Waals surface area contributed by atoms with E-state index in [0.717, 1.165) is 17.0 Å². The zero-order valence-corrected chi connectivity index (χ0v) is 13.5. The fraction of sp³-hybridized carbons (Fsp3) is 0.643. The van der Waals surface area contributed by atoms with E-state index < -0.39 is 11.5 Å². The van der Waals surface area contributed by atoms with Crippen molar-refractivity contribution in [3.63, 3.8) is 0 Å². The van der Waals surface area contributed by atoms with Gasteiger partial charge in [0.25, 0.3) is 0 Å². The summed E-state index contributed by atoms with van der Waals surface area (Å²) in [7, 11) is 0. The van der Waals surface area contributed by atoms with Crippen molar-refractivity contribution in [2.24, 2.45) is 0 Å². The van der Waals surface area contributed by atoms with Crippen LogP contribution in [0.25, 0.3) is 0 Å². The molecule has 0 saturated heterocycles. The molecule has 1 aromatic rings. The third-order valence-electron chi connectivity index (χ3n) is 3.76. The maximum Gasteiger partial charge on any atom is 0.329 e. The molecule has 0 unspecified atom stereocenters. The number of carbonyl (C=O) groups excluding carboxylic acids is 1. The molecule has 0 aliphatic heterocycles. The van der Waals surface area contributed by atoms with Gasteiger partial charge in [-0.25, -0.2) is 4.79 Å². The van der Waals surface area contributed by atoms with E-state index in [9.17, 15) is 19.5 Å². The Bertz CT molecular complexity index is 558. The lowest BCUT2D eigenvalue weighted by Crippen LogP contribution is -2.53. The van der Waals surface area contributed by atoms with Crippen LogP contribution >= 0.6 is 11.3 Å². The minimum absolute atomic E-state index is 0.0325. The molecule has 0 atom stereocenters. The highest BCUT2D eigenvalue weighted by Crippen LogP contribution is 2.16. The Kier molecular flexibility index (Phi) is 6.14. The molecule has 0 radical (unpaired) electrons. The summed E-state index contributed by atoms with van der Waals surface area (Å²) in [5.74, 6) is -1.30. The van der Waals surface area contributed by atoms with Crippen LogP contribution in [0.4, 0.5) is 0 Å². The molecule has 1 heterocycles. The van der Waals surface area contributed by atoms with E-state index in [-0.39, 0.29) is 17.2 Å². The second-order valence-electron chi connectivity index (χ2n) is 5.04. The van der Waals surface area contributed by atoms with E-state index in [4.69, 9.17) is 0 Å². The van der Waals surface area contributed by atoms with Crippen molar-refractivity contribution in [2.45, 2.75) is 58.5 Å². The minimum Gasteiger partial charge on any atom is -0.480 e. The molecule has 0 aliphatic rings. The first kappa shape index (κ1) is 17.4. The van der Waals surface area contributed by atoms with Gasteiger partial charge in [0.05, 0.1) is 0 Å². The first-order valence-electron chi connectivity index (χ1n) is 7.05. The fourth-order valence-corrected chi connectivity index (χ4v) is 2.95. The van der Waals surface area contributed by atoms with E-state index in [1.165, 1.54) is 0 Å². The summed E-state index contributed by atoms with van der Waals surface area (Å²) in [6, 6.07) is 0. The Morgan fingerprint density at radius 1 is 1.38 bits per heavy atom. The standard InChI is InChI=1S/C14H22N2O4S/c1-4-14(5-2,12(18)19)15-11(17)7-6-8-16-10(3)9-21-13(16)20/h9H,4-8H2,1-3H3,(H,15,17)(H,18,19). The molecule has 0 fully saturated rings. The zero-order chi connectivity index (χ0) is 16.0. The highest BCUT2D eigenvalue weighted by molar-refractivity contribution is 7.07. The first-order chi connectivity index (χ1) is 9.86. The molecule has 1 amide bonds. The molecule has 0 aromatic carbocycles. The van der Waals surface area contributed by atoms with Crippen molar-refractivity contribution in [3.8, 4) is 0 Å². The van der Waals surface area contributed by atoms with Gasteiger partial charge in [-0.15, -0.1) is 0 Å². The second-order valence-corrected chi connectivity index (χ2v) is 5.86. The third-order valence-corrected chi connectivity index (χ3v) is 4.64. The Morgan fingerprint density at radius 3 is 2.43 bits per heavy atom. The van der Waals surface area contributed by atoms with Gasteiger partial charge in [0.2, 0.25) is 5.91 Å². The smallest absolute Gasteiger partial charge is 0.329 e. The van der Waals surface area contributed by atoms with Crippen LogP contribution < -0.4 is 10.2 Å². The third kappa shape index (κ3) is 4.17. The Morgan fingerprint density at radius 2 is 2.00 bits per heavy atom. The van der Waals surface area contributed by atoms with Crippen LogP contribution in [-0.2, 0) is 16.1 Å². The molecule has 0 bridgehead atoms. The molecule has 0 saturated carbocycles. The molecule has 1 aromatic heterocycles. The van der Waals surface area contributed by atoms with Crippen molar-refractivity contribution in [1.82, 2.24) is 9.88 Å². The average molecular weight is 314 g/mol. The number of carboxylic acid groups (broad SMARTS) is 1. The van der Waals surface area contributed by atoms with Gasteiger partial charge < -0.3 is 15.0 Å². The summed E-state index contributed by atoms with van der Waals surface area (Å²) < 4.78 is 1.63. The molecule has 6 nitrogen and oxygen atoms in total. The van der Waals surface area contributed by atoms with Gasteiger partial charge in [-0.05, 0) is 26.2 Å². The summed E-state index contributed by atoms with van der Waals surface area (Å²) in [5.41, 5.74) is -0.306. The largest absolute Gasteiger partial charge is 0.480 e. The summed E-state index contributed by atoms with van der Waals surface area (Å²) in [6.45, 7) is 5.81. The molecule has 1 rings (SSSR count). The molecule has 2 N–H and O–H groups in total. The van der Waals surface area contributed by atoms with Crippen molar-refractivity contribution >= 4 is 23.2 Å². The maximum atomic E-state index is 11.9. The number of thiazole rings is 1. The monoisotopic (exact) mass is 314 g/mol. The van der Waals surface area contributed by atoms with Crippen molar-refractivity contribution in [1.29, 1.82) is 0 Å². The lowest BCUT2D eigenvalue weighted by Gasteiger charge is -2.28. The van der Waals surface area contributed by atoms with Crippen LogP contribution in [0.1, 0.15) is 45.2 Å². The summed E-state index contributed by atoms with van der Waals surface area (Å²) in [5, 5.41) is 13.7. The van der Waals surface area contributed by atoms with Gasteiger partial charge in [-0.2, -0.15) is 0 Å². The zero-order valence-electron chi connectivity index (χ0n) is 12.6. The Hall–Kier alpha value is -1.63. The van der Waals surface area contributed by atoms with E-state index in [2.05, 4.69) is 5.32 Å². The SMILES string of the molecule is CCC(CC)(NC(=O)CCCn1c(C)csc1=O)C(=O)O. The number of nitrogens with zero attached hydrogens (tertiary/aromatic N) is 1. The molecule has 0 spiro atoms. The number of aryl methyl sites for hydroxylation is 1. The highest BCUT2D eigenvalue weighted by atomic mass is 32.1. The predicted molar refractivity (Wildman–Crippen MR) is 81.6 cm³/mol. The van der Waals surface area contributed by atoms with Crippen molar-refractivity contribution in [3.05, 3.63) is 20.7 Å². The maximum absolute atomic E-state index is 11.9. The Balaban J connectivity index is 2.55. The van der Waals surface area contributed by atoms with Gasteiger partial charge >= 0.3 is 10.8 Å². The van der Waals surface area contributed by atoms with Gasteiger partial charge in [0.15, 0.2) is 0 Å². The van der Waals surface area contributed by atoms with Gasteiger partial charge in [0, 0.05) is 24.0 Å².